The van der Waals surface area contributed by atoms with Crippen LogP contribution in [0.3, 0.4) is 0 Å². The van der Waals surface area contributed by atoms with Gasteiger partial charge >= 0.3 is 17.6 Å². The van der Waals surface area contributed by atoms with Crippen molar-refractivity contribution in [3.05, 3.63) is 62.9 Å². The maximum Gasteiger partial charge on any atom is 0.333 e. The zero-order valence-corrected chi connectivity index (χ0v) is 41.2. The zero-order chi connectivity index (χ0) is 47.2. The minimum atomic E-state index is -2.74. The summed E-state index contributed by atoms with van der Waals surface area (Å²) in [7, 11) is -3.92. The van der Waals surface area contributed by atoms with Crippen LogP contribution in [0, 0.1) is 0 Å². The van der Waals surface area contributed by atoms with Crippen LogP contribution in [0.5, 0.6) is 5.75 Å². The highest BCUT2D eigenvalue weighted by atomic mass is 28.4. The van der Waals surface area contributed by atoms with Crippen LogP contribution in [-0.4, -0.2) is 116 Å². The van der Waals surface area contributed by atoms with Crippen molar-refractivity contribution in [3.63, 3.8) is 0 Å². The molecule has 17 nitrogen and oxygen atoms in total. The van der Waals surface area contributed by atoms with Crippen LogP contribution >= 0.6 is 0 Å². The summed E-state index contributed by atoms with van der Waals surface area (Å²) in [6.07, 6.45) is -4.73. The molecule has 0 radical (unpaired) electrons. The van der Waals surface area contributed by atoms with E-state index in [0.29, 0.717) is 17.7 Å². The number of nitrogens with zero attached hydrogens (tertiary/aromatic N) is 2. The molecule has 7 atom stereocenters. The van der Waals surface area contributed by atoms with Gasteiger partial charge in [-0.1, -0.05) is 53.7 Å². The minimum absolute atomic E-state index is 0.0250. The summed E-state index contributed by atoms with van der Waals surface area (Å²) in [6, 6.07) is 5.91. The molecule has 350 valence electrons. The van der Waals surface area contributed by atoms with Crippen LogP contribution in [0.25, 0.3) is 0 Å². The number of aliphatic carboxylic acids is 1. The van der Waals surface area contributed by atoms with Crippen molar-refractivity contribution in [2.75, 3.05) is 20.2 Å². The van der Waals surface area contributed by atoms with Gasteiger partial charge in [0.1, 0.15) is 41.8 Å². The number of amides is 1. The Morgan fingerprint density at radius 1 is 0.887 bits per heavy atom. The monoisotopic (exact) mass is 907 g/mol. The Morgan fingerprint density at radius 2 is 1.45 bits per heavy atom. The maximum atomic E-state index is 14.5. The molecular formula is C43H73N5O12Si2. The molecule has 0 spiro atoms. The van der Waals surface area contributed by atoms with Gasteiger partial charge in [-0.15, -0.1) is 0 Å². The lowest BCUT2D eigenvalue weighted by atomic mass is 9.99. The summed E-state index contributed by atoms with van der Waals surface area (Å²) in [4.78, 5) is 65.4. The molecule has 1 amide bonds. The van der Waals surface area contributed by atoms with E-state index in [-0.39, 0.29) is 42.6 Å². The molecule has 19 heteroatoms. The highest BCUT2D eigenvalue weighted by Crippen LogP contribution is 2.46. The Hall–Kier alpha value is -3.70. The van der Waals surface area contributed by atoms with E-state index < -0.39 is 94.1 Å². The lowest BCUT2D eigenvalue weighted by Gasteiger charge is -2.44. The van der Waals surface area contributed by atoms with Gasteiger partial charge in [-0.05, 0) is 94.1 Å². The fraction of sp³-hybridized carbons (Fsp3) is 0.698. The van der Waals surface area contributed by atoms with Crippen molar-refractivity contribution in [3.8, 4) is 5.75 Å². The third-order valence-electron chi connectivity index (χ3n) is 11.9. The molecule has 0 aliphatic carbocycles. The van der Waals surface area contributed by atoms with Gasteiger partial charge in [-0.3, -0.25) is 28.3 Å². The Morgan fingerprint density at radius 3 is 1.97 bits per heavy atom. The number of rotatable bonds is 20. The molecule has 0 bridgehead atoms. The number of carboxylic acids is 1. The second kappa shape index (κ2) is 20.9. The Bertz CT molecular complexity index is 1950. The molecule has 3 rings (SSSR count). The molecule has 1 saturated heterocycles. The third-order valence-corrected chi connectivity index (χ3v) is 20.9. The first-order chi connectivity index (χ1) is 28.4. The molecule has 1 aromatic carbocycles. The van der Waals surface area contributed by atoms with Gasteiger partial charge in [0.25, 0.3) is 5.56 Å². The van der Waals surface area contributed by atoms with E-state index in [1.54, 1.807) is 52.1 Å². The average Bonchev–Trinajstić information content (AvgIpc) is 3.47. The number of nitrogens with one attached hydrogen (secondary N) is 2. The Kier molecular flexibility index (Phi) is 17.7. The van der Waals surface area contributed by atoms with Crippen LogP contribution < -0.4 is 32.4 Å². The summed E-state index contributed by atoms with van der Waals surface area (Å²) < 4.78 is 34.7. The van der Waals surface area contributed by atoms with Crippen molar-refractivity contribution >= 4 is 34.5 Å². The number of aliphatic hydroxyl groups excluding tert-OH is 1. The molecule has 1 aliphatic heterocycles. The SMILES string of the molecule is COc1ccc(Cn2c(=O)ccn([C@@H]3OC([C@H](O)[C@H](NCCCNC(=O)[C@@H](N)CCC(=O)O)C(=O)OC(C)(C)C)[C@@H](O[Si](C)(C)C(C)(C)C)[C@H]3O[Si](C)(C)C(C)(C)C)c2=O)cc1. The molecule has 1 unspecified atom stereocenters. The van der Waals surface area contributed by atoms with E-state index in [1.807, 2.05) is 0 Å². The maximum absolute atomic E-state index is 14.5. The number of aromatic nitrogens is 2. The highest BCUT2D eigenvalue weighted by molar-refractivity contribution is 6.74. The molecule has 1 aromatic heterocycles. The summed E-state index contributed by atoms with van der Waals surface area (Å²) in [5.74, 6) is -1.72. The summed E-state index contributed by atoms with van der Waals surface area (Å²) in [6.45, 7) is 26.0. The molecule has 0 saturated carbocycles. The normalized spacial score (nSPS) is 20.3. The van der Waals surface area contributed by atoms with E-state index in [1.165, 1.54) is 16.8 Å². The number of nitrogens with two attached hydrogens (primary N) is 1. The Labute approximate surface area is 368 Å². The number of carbonyl (C=O) groups is 3. The summed E-state index contributed by atoms with van der Waals surface area (Å²) in [5, 5.41) is 26.6. The summed E-state index contributed by atoms with van der Waals surface area (Å²) >= 11 is 0. The van der Waals surface area contributed by atoms with Crippen LogP contribution in [0.15, 0.2) is 46.1 Å². The fourth-order valence-corrected chi connectivity index (χ4v) is 8.83. The predicted octanol–water partition coefficient (Wildman–Crippen LogP) is 4.10. The van der Waals surface area contributed by atoms with Crippen molar-refractivity contribution in [1.29, 1.82) is 0 Å². The standard InChI is InChI=1S/C43H73N5O12Si2/c1-41(2,3)58-39(54)32(45-23-15-24-46-37(53)29(44)20-21-31(50)51)33(52)34-35(59-61(11,12)42(4,5)6)36(60-62(13,14)43(7,8)9)38(57-34)47-25-22-30(49)48(40(47)55)26-27-16-18-28(56-10)19-17-27/h16-19,22,25,29,32-36,38,45,52H,15,20-21,23-24,26,44H2,1-14H3,(H,46,53)(H,50,51)/t29-,32-,33+,34?,35+,36+,38+/m0/s1. The number of aliphatic hydroxyl groups is 1. The lowest BCUT2D eigenvalue weighted by Crippen LogP contribution is -2.59. The van der Waals surface area contributed by atoms with Crippen LogP contribution in [0.2, 0.25) is 36.3 Å². The topological polar surface area (TPSA) is 232 Å². The van der Waals surface area contributed by atoms with Crippen molar-refractivity contribution < 1.29 is 47.7 Å². The third kappa shape index (κ3) is 13.9. The molecule has 62 heavy (non-hydrogen) atoms. The van der Waals surface area contributed by atoms with E-state index >= 15 is 0 Å². The molecule has 1 fully saturated rings. The van der Waals surface area contributed by atoms with Gasteiger partial charge in [0, 0.05) is 25.2 Å². The number of esters is 1. The number of methoxy groups -OCH3 is 1. The van der Waals surface area contributed by atoms with Crippen molar-refractivity contribution in [1.82, 2.24) is 19.8 Å². The number of carboxylic acid groups (broad SMARTS) is 1. The molecular weight excluding hydrogens is 835 g/mol. The second-order valence-corrected chi connectivity index (χ2v) is 29.6. The van der Waals surface area contributed by atoms with Crippen LogP contribution in [0.1, 0.15) is 93.4 Å². The van der Waals surface area contributed by atoms with Crippen LogP contribution in [0.4, 0.5) is 0 Å². The first-order valence-electron chi connectivity index (χ1n) is 21.3. The lowest BCUT2D eigenvalue weighted by molar-refractivity contribution is -0.166. The van der Waals surface area contributed by atoms with E-state index in [2.05, 4.69) is 78.4 Å². The summed E-state index contributed by atoms with van der Waals surface area (Å²) in [5.41, 5.74) is 4.40. The predicted molar refractivity (Wildman–Crippen MR) is 241 cm³/mol. The van der Waals surface area contributed by atoms with Gasteiger partial charge in [0.05, 0.1) is 19.7 Å². The molecule has 6 N–H and O–H groups in total. The number of carbonyl (C=O) groups excluding carboxylic acids is 2. The largest absolute Gasteiger partial charge is 0.497 e. The van der Waals surface area contributed by atoms with Gasteiger partial charge in [0.2, 0.25) is 5.91 Å². The van der Waals surface area contributed by atoms with Gasteiger partial charge in [-0.25, -0.2) is 4.79 Å². The highest BCUT2D eigenvalue weighted by Gasteiger charge is 2.57. The second-order valence-electron chi connectivity index (χ2n) is 20.1. The van der Waals surface area contributed by atoms with Gasteiger partial charge in [-0.2, -0.15) is 0 Å². The van der Waals surface area contributed by atoms with E-state index in [4.69, 9.17) is 33.9 Å². The average molecular weight is 908 g/mol. The first-order valence-corrected chi connectivity index (χ1v) is 27.1. The zero-order valence-electron chi connectivity index (χ0n) is 39.2. The minimum Gasteiger partial charge on any atom is -0.497 e. The number of hydrogen-bond acceptors (Lipinski definition) is 13. The molecule has 2 aromatic rings. The number of hydrogen-bond donors (Lipinski definition) is 5. The molecule has 1 aliphatic rings. The fourth-order valence-electron chi connectivity index (χ4n) is 6.24. The van der Waals surface area contributed by atoms with Crippen molar-refractivity contribution in [2.45, 2.75) is 173 Å². The molecule has 2 heterocycles. The van der Waals surface area contributed by atoms with Gasteiger partial charge < -0.3 is 49.6 Å². The van der Waals surface area contributed by atoms with Crippen LogP contribution in [-0.2, 0) is 39.3 Å². The first kappa shape index (κ1) is 52.6. The number of benzene rings is 1. The van der Waals surface area contributed by atoms with E-state index in [0.717, 1.165) is 4.57 Å². The quantitative estimate of drug-likeness (QED) is 0.0716. The smallest absolute Gasteiger partial charge is 0.333 e. The van der Waals surface area contributed by atoms with Gasteiger partial charge in [0.15, 0.2) is 22.9 Å². The number of ether oxygens (including phenoxy) is 3. The van der Waals surface area contributed by atoms with Crippen molar-refractivity contribution in [2.24, 2.45) is 5.73 Å². The van der Waals surface area contributed by atoms with E-state index in [9.17, 15) is 29.1 Å². The Balaban J connectivity index is 2.15.